The quantitative estimate of drug-likeness (QED) is 0.764. The van der Waals surface area contributed by atoms with E-state index in [9.17, 15) is 13.2 Å². The molecule has 1 amide bonds. The number of halogens is 1. The molecule has 0 saturated carbocycles. The fourth-order valence-electron chi connectivity index (χ4n) is 3.21. The van der Waals surface area contributed by atoms with Crippen molar-refractivity contribution in [2.45, 2.75) is 57.5 Å². The minimum atomic E-state index is -3.59. The highest BCUT2D eigenvalue weighted by molar-refractivity contribution is 7.89. The Kier molecular flexibility index (Phi) is 8.53. The fourth-order valence-corrected chi connectivity index (χ4v) is 4.92. The van der Waals surface area contributed by atoms with Crippen LogP contribution in [-0.2, 0) is 10.0 Å². The molecule has 1 aromatic carbocycles. The molecule has 148 valence electrons. The van der Waals surface area contributed by atoms with Gasteiger partial charge in [0.05, 0.1) is 4.90 Å². The molecule has 0 bridgehead atoms. The van der Waals surface area contributed by atoms with Gasteiger partial charge in [-0.2, -0.15) is 4.31 Å². The third-order valence-corrected chi connectivity index (χ3v) is 7.04. The first-order valence-corrected chi connectivity index (χ1v) is 10.4. The molecule has 0 radical (unpaired) electrons. The number of nitrogens with zero attached hydrogens (tertiary/aromatic N) is 1. The molecule has 2 rings (SSSR count). The van der Waals surface area contributed by atoms with Crippen LogP contribution in [-0.4, -0.2) is 50.3 Å². The number of amides is 1. The number of piperidine rings is 1. The molecule has 1 aliphatic heterocycles. The number of carbonyl (C=O) groups is 1. The second kappa shape index (κ2) is 9.69. The Hall–Kier alpha value is -1.15. The normalized spacial score (nSPS) is 20.5. The summed E-state index contributed by atoms with van der Waals surface area (Å²) in [7, 11) is -3.59. The molecule has 26 heavy (non-hydrogen) atoms. The molecule has 2 unspecified atom stereocenters. The maximum Gasteiger partial charge on any atom is 0.251 e. The van der Waals surface area contributed by atoms with Gasteiger partial charge >= 0.3 is 0 Å². The first-order valence-electron chi connectivity index (χ1n) is 8.96. The summed E-state index contributed by atoms with van der Waals surface area (Å²) in [5.41, 5.74) is 1.03. The number of hydrogen-bond donors (Lipinski definition) is 2. The van der Waals surface area contributed by atoms with E-state index in [1.54, 1.807) is 19.1 Å². The largest absolute Gasteiger partial charge is 0.348 e. The van der Waals surface area contributed by atoms with Gasteiger partial charge in [-0.1, -0.05) is 19.9 Å². The van der Waals surface area contributed by atoms with Crippen LogP contribution in [0.1, 0.15) is 49.5 Å². The summed E-state index contributed by atoms with van der Waals surface area (Å²) >= 11 is 0. The zero-order valence-electron chi connectivity index (χ0n) is 15.9. The Bertz CT molecular complexity index is 720. The number of hydrogen-bond acceptors (Lipinski definition) is 4. The first-order chi connectivity index (χ1) is 11.8. The summed E-state index contributed by atoms with van der Waals surface area (Å²) in [5.74, 6) is -0.225. The summed E-state index contributed by atoms with van der Waals surface area (Å²) in [4.78, 5) is 12.8. The SMILES string of the molecule is CCN(CC)S(=O)(=O)c1cc(C(=O)NC2CCCNC2C)ccc1C.Cl. The van der Waals surface area contributed by atoms with E-state index in [1.165, 1.54) is 10.4 Å². The lowest BCUT2D eigenvalue weighted by Gasteiger charge is -2.30. The zero-order chi connectivity index (χ0) is 18.6. The molecule has 1 aromatic rings. The van der Waals surface area contributed by atoms with Crippen LogP contribution in [0.25, 0.3) is 0 Å². The second-order valence-corrected chi connectivity index (χ2v) is 8.44. The summed E-state index contributed by atoms with van der Waals surface area (Å²) in [5, 5.41) is 6.38. The predicted molar refractivity (Wildman–Crippen MR) is 106 cm³/mol. The lowest BCUT2D eigenvalue weighted by Crippen LogP contribution is -2.51. The van der Waals surface area contributed by atoms with Crippen LogP contribution in [0.4, 0.5) is 0 Å². The highest BCUT2D eigenvalue weighted by Crippen LogP contribution is 2.21. The van der Waals surface area contributed by atoms with E-state index in [1.807, 2.05) is 13.8 Å². The fraction of sp³-hybridized carbons (Fsp3) is 0.611. The van der Waals surface area contributed by atoms with Gasteiger partial charge in [-0.3, -0.25) is 4.79 Å². The van der Waals surface area contributed by atoms with Crippen molar-refractivity contribution in [1.29, 1.82) is 0 Å². The van der Waals surface area contributed by atoms with Crippen LogP contribution in [0, 0.1) is 6.92 Å². The molecule has 8 heteroatoms. The van der Waals surface area contributed by atoms with E-state index in [-0.39, 0.29) is 35.3 Å². The van der Waals surface area contributed by atoms with Crippen molar-refractivity contribution in [2.75, 3.05) is 19.6 Å². The molecule has 1 heterocycles. The monoisotopic (exact) mass is 403 g/mol. The maximum atomic E-state index is 12.8. The zero-order valence-corrected chi connectivity index (χ0v) is 17.5. The Morgan fingerprint density at radius 1 is 1.31 bits per heavy atom. The Morgan fingerprint density at radius 3 is 2.54 bits per heavy atom. The summed E-state index contributed by atoms with van der Waals surface area (Å²) in [6.07, 6.45) is 1.95. The van der Waals surface area contributed by atoms with Crippen molar-refractivity contribution in [3.05, 3.63) is 29.3 Å². The maximum absolute atomic E-state index is 12.8. The van der Waals surface area contributed by atoms with E-state index in [4.69, 9.17) is 0 Å². The summed E-state index contributed by atoms with van der Waals surface area (Å²) in [6.45, 7) is 9.19. The van der Waals surface area contributed by atoms with Gasteiger partial charge in [0, 0.05) is 30.7 Å². The van der Waals surface area contributed by atoms with E-state index < -0.39 is 10.0 Å². The Labute approximate surface area is 163 Å². The van der Waals surface area contributed by atoms with Crippen molar-refractivity contribution in [3.63, 3.8) is 0 Å². The number of sulfonamides is 1. The minimum Gasteiger partial charge on any atom is -0.348 e. The molecule has 0 aromatic heterocycles. The van der Waals surface area contributed by atoms with E-state index in [2.05, 4.69) is 17.6 Å². The molecule has 1 saturated heterocycles. The number of aryl methyl sites for hydroxylation is 1. The van der Waals surface area contributed by atoms with E-state index in [0.29, 0.717) is 24.2 Å². The van der Waals surface area contributed by atoms with E-state index in [0.717, 1.165) is 19.4 Å². The average molecular weight is 404 g/mol. The molecule has 0 aliphatic carbocycles. The predicted octanol–water partition coefficient (Wildman–Crippen LogP) is 2.32. The van der Waals surface area contributed by atoms with Gasteiger partial charge in [-0.05, 0) is 50.9 Å². The standard InChI is InChI=1S/C18H29N3O3S.ClH/c1-5-21(6-2)25(23,24)17-12-15(10-9-13(17)3)18(22)20-16-8-7-11-19-14(16)4;/h9-10,12,14,16,19H,5-8,11H2,1-4H3,(H,20,22);1H. The lowest BCUT2D eigenvalue weighted by atomic mass is 9.99. The smallest absolute Gasteiger partial charge is 0.251 e. The van der Waals surface area contributed by atoms with Crippen LogP contribution in [0.15, 0.2) is 23.1 Å². The van der Waals surface area contributed by atoms with Crippen molar-refractivity contribution in [3.8, 4) is 0 Å². The summed E-state index contributed by atoms with van der Waals surface area (Å²) in [6, 6.07) is 5.16. The first kappa shape index (κ1) is 22.9. The number of benzene rings is 1. The molecule has 2 N–H and O–H groups in total. The number of rotatable bonds is 6. The number of nitrogens with one attached hydrogen (secondary N) is 2. The van der Waals surface area contributed by atoms with Crippen LogP contribution in [0.3, 0.4) is 0 Å². The number of carbonyl (C=O) groups excluding carboxylic acids is 1. The molecule has 1 aliphatic rings. The van der Waals surface area contributed by atoms with Gasteiger partial charge in [-0.25, -0.2) is 8.42 Å². The topological polar surface area (TPSA) is 78.5 Å². The van der Waals surface area contributed by atoms with Crippen LogP contribution < -0.4 is 10.6 Å². The minimum absolute atomic E-state index is 0. The van der Waals surface area contributed by atoms with Crippen molar-refractivity contribution in [2.24, 2.45) is 0 Å². The van der Waals surface area contributed by atoms with Crippen LogP contribution in [0.5, 0.6) is 0 Å². The van der Waals surface area contributed by atoms with Gasteiger partial charge in [0.1, 0.15) is 0 Å². The third kappa shape index (κ3) is 4.97. The van der Waals surface area contributed by atoms with Crippen molar-refractivity contribution < 1.29 is 13.2 Å². The van der Waals surface area contributed by atoms with Gasteiger partial charge in [0.25, 0.3) is 5.91 Å². The Morgan fingerprint density at radius 2 is 1.96 bits per heavy atom. The van der Waals surface area contributed by atoms with Crippen LogP contribution in [0.2, 0.25) is 0 Å². The van der Waals surface area contributed by atoms with Crippen molar-refractivity contribution >= 4 is 28.3 Å². The van der Waals surface area contributed by atoms with Gasteiger partial charge in [-0.15, -0.1) is 12.4 Å². The molecular formula is C18H30ClN3O3S. The van der Waals surface area contributed by atoms with E-state index >= 15 is 0 Å². The highest BCUT2D eigenvalue weighted by Gasteiger charge is 2.26. The van der Waals surface area contributed by atoms with Crippen LogP contribution >= 0.6 is 12.4 Å². The molecule has 1 fully saturated rings. The summed E-state index contributed by atoms with van der Waals surface area (Å²) < 4.78 is 27.0. The van der Waals surface area contributed by atoms with Gasteiger partial charge < -0.3 is 10.6 Å². The highest BCUT2D eigenvalue weighted by atomic mass is 35.5. The Balaban J connectivity index is 0.00000338. The van der Waals surface area contributed by atoms with Gasteiger partial charge in [0.15, 0.2) is 0 Å². The molecule has 6 nitrogen and oxygen atoms in total. The molecular weight excluding hydrogens is 374 g/mol. The second-order valence-electron chi connectivity index (χ2n) is 6.53. The molecule has 0 spiro atoms. The lowest BCUT2D eigenvalue weighted by molar-refractivity contribution is 0.0919. The average Bonchev–Trinajstić information content (AvgIpc) is 2.58. The third-order valence-electron chi connectivity index (χ3n) is 4.85. The van der Waals surface area contributed by atoms with Gasteiger partial charge in [0.2, 0.25) is 10.0 Å². The molecule has 2 atom stereocenters. The van der Waals surface area contributed by atoms with Crippen molar-refractivity contribution in [1.82, 2.24) is 14.9 Å².